The van der Waals surface area contributed by atoms with Gasteiger partial charge in [-0.15, -0.1) is 0 Å². The standard InChI is InChI=1S/C12H16ClNO/c1-12(15)6-5-10(12)9-7-8(14-2)3-4-11(9)13/h3-4,7,10,14-15H,5-6H2,1-2H3. The second-order valence-corrected chi connectivity index (χ2v) is 4.84. The first kappa shape index (κ1) is 10.8. The Balaban J connectivity index is 2.35. The Hall–Kier alpha value is -0.730. The van der Waals surface area contributed by atoms with Crippen molar-refractivity contribution in [3.63, 3.8) is 0 Å². The van der Waals surface area contributed by atoms with E-state index in [2.05, 4.69) is 5.32 Å². The molecule has 0 aromatic heterocycles. The molecule has 1 aromatic carbocycles. The minimum Gasteiger partial charge on any atom is -0.390 e. The molecule has 2 nitrogen and oxygen atoms in total. The van der Waals surface area contributed by atoms with Crippen LogP contribution in [0.5, 0.6) is 0 Å². The Morgan fingerprint density at radius 2 is 2.27 bits per heavy atom. The van der Waals surface area contributed by atoms with Crippen LogP contribution < -0.4 is 5.32 Å². The topological polar surface area (TPSA) is 32.3 Å². The Morgan fingerprint density at radius 3 is 2.73 bits per heavy atom. The van der Waals surface area contributed by atoms with Crippen molar-refractivity contribution in [2.24, 2.45) is 0 Å². The Bertz CT molecular complexity index is 376. The fourth-order valence-electron chi connectivity index (χ4n) is 2.16. The fraction of sp³-hybridized carbons (Fsp3) is 0.500. The van der Waals surface area contributed by atoms with Crippen LogP contribution in [0.3, 0.4) is 0 Å². The SMILES string of the molecule is CNc1ccc(Cl)c(C2CCC2(C)O)c1. The van der Waals surface area contributed by atoms with E-state index in [0.29, 0.717) is 0 Å². The maximum Gasteiger partial charge on any atom is 0.0688 e. The quantitative estimate of drug-likeness (QED) is 0.811. The van der Waals surface area contributed by atoms with Crippen molar-refractivity contribution in [2.45, 2.75) is 31.3 Å². The molecule has 2 rings (SSSR count). The first-order chi connectivity index (χ1) is 7.04. The molecule has 0 aliphatic heterocycles. The zero-order valence-corrected chi connectivity index (χ0v) is 9.80. The molecule has 1 aliphatic rings. The van der Waals surface area contributed by atoms with Gasteiger partial charge in [0.1, 0.15) is 0 Å². The molecule has 0 spiro atoms. The van der Waals surface area contributed by atoms with Gasteiger partial charge in [-0.1, -0.05) is 11.6 Å². The summed E-state index contributed by atoms with van der Waals surface area (Å²) in [6, 6.07) is 5.86. The number of rotatable bonds is 2. The van der Waals surface area contributed by atoms with Crippen LogP contribution in [0, 0.1) is 0 Å². The van der Waals surface area contributed by atoms with E-state index in [1.54, 1.807) is 0 Å². The second kappa shape index (κ2) is 3.69. The lowest BCUT2D eigenvalue weighted by molar-refractivity contribution is -0.0405. The largest absolute Gasteiger partial charge is 0.390 e. The van der Waals surface area contributed by atoms with E-state index in [1.165, 1.54) is 0 Å². The van der Waals surface area contributed by atoms with E-state index >= 15 is 0 Å². The van der Waals surface area contributed by atoms with Gasteiger partial charge in [-0.3, -0.25) is 0 Å². The van der Waals surface area contributed by atoms with Crippen molar-refractivity contribution in [1.29, 1.82) is 0 Å². The number of nitrogens with one attached hydrogen (secondary N) is 1. The highest BCUT2D eigenvalue weighted by atomic mass is 35.5. The number of anilines is 1. The number of hydrogen-bond acceptors (Lipinski definition) is 2. The summed E-state index contributed by atoms with van der Waals surface area (Å²) >= 11 is 6.15. The van der Waals surface area contributed by atoms with Crippen molar-refractivity contribution in [1.82, 2.24) is 0 Å². The average Bonchev–Trinajstić information content (AvgIpc) is 2.20. The third kappa shape index (κ3) is 1.84. The predicted molar refractivity (Wildman–Crippen MR) is 63.6 cm³/mol. The molecule has 82 valence electrons. The Labute approximate surface area is 95.3 Å². The van der Waals surface area contributed by atoms with Crippen LogP contribution in [0.25, 0.3) is 0 Å². The van der Waals surface area contributed by atoms with Gasteiger partial charge in [0, 0.05) is 23.7 Å². The molecule has 0 amide bonds. The minimum atomic E-state index is -0.587. The predicted octanol–water partition coefficient (Wildman–Crippen LogP) is 3.01. The van der Waals surface area contributed by atoms with Gasteiger partial charge in [-0.05, 0) is 43.5 Å². The van der Waals surface area contributed by atoms with Gasteiger partial charge in [0.15, 0.2) is 0 Å². The van der Waals surface area contributed by atoms with Crippen LogP contribution in [-0.2, 0) is 0 Å². The average molecular weight is 226 g/mol. The highest BCUT2D eigenvalue weighted by Crippen LogP contribution is 2.48. The van der Waals surface area contributed by atoms with E-state index in [4.69, 9.17) is 11.6 Å². The normalized spacial score (nSPS) is 29.7. The molecular weight excluding hydrogens is 210 g/mol. The molecule has 2 atom stereocenters. The van der Waals surface area contributed by atoms with E-state index in [0.717, 1.165) is 29.1 Å². The minimum absolute atomic E-state index is 0.179. The van der Waals surface area contributed by atoms with Crippen LogP contribution in [0.2, 0.25) is 5.02 Å². The zero-order chi connectivity index (χ0) is 11.1. The molecule has 1 aromatic rings. The van der Waals surface area contributed by atoms with E-state index in [-0.39, 0.29) is 5.92 Å². The van der Waals surface area contributed by atoms with Gasteiger partial charge in [0.05, 0.1) is 5.60 Å². The van der Waals surface area contributed by atoms with Crippen LogP contribution in [0.4, 0.5) is 5.69 Å². The molecule has 1 fully saturated rings. The summed E-state index contributed by atoms with van der Waals surface area (Å²) in [5.41, 5.74) is 1.51. The van der Waals surface area contributed by atoms with E-state index < -0.39 is 5.60 Å². The summed E-state index contributed by atoms with van der Waals surface area (Å²) in [4.78, 5) is 0. The molecule has 3 heteroatoms. The highest BCUT2D eigenvalue weighted by molar-refractivity contribution is 6.31. The van der Waals surface area contributed by atoms with Crippen LogP contribution in [-0.4, -0.2) is 17.8 Å². The molecule has 15 heavy (non-hydrogen) atoms. The van der Waals surface area contributed by atoms with Gasteiger partial charge in [-0.2, -0.15) is 0 Å². The Kier molecular flexibility index (Phi) is 2.65. The van der Waals surface area contributed by atoms with E-state index in [9.17, 15) is 5.11 Å². The van der Waals surface area contributed by atoms with Gasteiger partial charge < -0.3 is 10.4 Å². The molecule has 0 heterocycles. The fourth-order valence-corrected chi connectivity index (χ4v) is 2.41. The third-order valence-electron chi connectivity index (χ3n) is 3.35. The van der Waals surface area contributed by atoms with Crippen LogP contribution in [0.1, 0.15) is 31.2 Å². The van der Waals surface area contributed by atoms with Gasteiger partial charge >= 0.3 is 0 Å². The summed E-state index contributed by atoms with van der Waals surface area (Å²) in [5.74, 6) is 0.179. The molecular formula is C12H16ClNO. The van der Waals surface area contributed by atoms with Gasteiger partial charge in [0.2, 0.25) is 0 Å². The molecule has 2 N–H and O–H groups in total. The number of benzene rings is 1. The van der Waals surface area contributed by atoms with Crippen molar-refractivity contribution in [3.8, 4) is 0 Å². The monoisotopic (exact) mass is 225 g/mol. The van der Waals surface area contributed by atoms with Crippen molar-refractivity contribution in [3.05, 3.63) is 28.8 Å². The maximum absolute atomic E-state index is 10.0. The molecule has 1 aliphatic carbocycles. The number of hydrogen-bond donors (Lipinski definition) is 2. The first-order valence-electron chi connectivity index (χ1n) is 5.24. The maximum atomic E-state index is 10.0. The second-order valence-electron chi connectivity index (χ2n) is 4.43. The lowest BCUT2D eigenvalue weighted by Gasteiger charge is -2.43. The lowest BCUT2D eigenvalue weighted by Crippen LogP contribution is -2.42. The lowest BCUT2D eigenvalue weighted by atomic mass is 9.67. The first-order valence-corrected chi connectivity index (χ1v) is 5.62. The van der Waals surface area contributed by atoms with Crippen LogP contribution >= 0.6 is 11.6 Å². The van der Waals surface area contributed by atoms with E-state index in [1.807, 2.05) is 32.2 Å². The highest BCUT2D eigenvalue weighted by Gasteiger charge is 2.42. The van der Waals surface area contributed by atoms with Crippen LogP contribution in [0.15, 0.2) is 18.2 Å². The summed E-state index contributed by atoms with van der Waals surface area (Å²) in [7, 11) is 1.88. The van der Waals surface area contributed by atoms with Gasteiger partial charge in [-0.25, -0.2) is 0 Å². The number of halogens is 1. The van der Waals surface area contributed by atoms with Gasteiger partial charge in [0.25, 0.3) is 0 Å². The third-order valence-corrected chi connectivity index (χ3v) is 3.69. The summed E-state index contributed by atoms with van der Waals surface area (Å²) in [6.07, 6.45) is 1.87. The van der Waals surface area contributed by atoms with Crippen molar-refractivity contribution < 1.29 is 5.11 Å². The Morgan fingerprint density at radius 1 is 1.53 bits per heavy atom. The molecule has 0 radical (unpaired) electrons. The smallest absolute Gasteiger partial charge is 0.0688 e. The van der Waals surface area contributed by atoms with Crippen molar-refractivity contribution in [2.75, 3.05) is 12.4 Å². The summed E-state index contributed by atoms with van der Waals surface area (Å²) in [6.45, 7) is 1.88. The molecule has 1 saturated carbocycles. The molecule has 0 saturated heterocycles. The summed E-state index contributed by atoms with van der Waals surface area (Å²) < 4.78 is 0. The van der Waals surface area contributed by atoms with Crippen molar-refractivity contribution >= 4 is 17.3 Å². The molecule has 2 unspecified atom stereocenters. The summed E-state index contributed by atoms with van der Waals surface area (Å²) in [5, 5.41) is 13.9. The zero-order valence-electron chi connectivity index (χ0n) is 9.05. The molecule has 0 bridgehead atoms. The number of aliphatic hydroxyl groups is 1.